The molecule has 0 spiro atoms. The van der Waals surface area contributed by atoms with Crippen molar-refractivity contribution in [2.75, 3.05) is 19.0 Å². The zero-order chi connectivity index (χ0) is 11.3. The maximum atomic E-state index is 11.1. The Morgan fingerprint density at radius 2 is 2.40 bits per heavy atom. The van der Waals surface area contributed by atoms with Crippen LogP contribution < -0.4 is 5.32 Å². The molecule has 1 atom stereocenters. The molecule has 1 rings (SSSR count). The summed E-state index contributed by atoms with van der Waals surface area (Å²) < 4.78 is 4.57. The number of esters is 1. The summed E-state index contributed by atoms with van der Waals surface area (Å²) in [5.74, 6) is -0.301. The predicted octanol–water partition coefficient (Wildman–Crippen LogP) is 2.69. The van der Waals surface area contributed by atoms with Crippen LogP contribution in [0.4, 0.5) is 5.69 Å². The number of hydrogen-bond donors (Lipinski definition) is 1. The van der Waals surface area contributed by atoms with Crippen LogP contribution in [0.3, 0.4) is 0 Å². The van der Waals surface area contributed by atoms with Gasteiger partial charge in [-0.15, -0.1) is 0 Å². The number of nitrogens with one attached hydrogen (secondary N) is 1. The highest BCUT2D eigenvalue weighted by Crippen LogP contribution is 2.15. The first-order chi connectivity index (χ1) is 7.13. The van der Waals surface area contributed by atoms with Crippen molar-refractivity contribution in [1.82, 2.24) is 0 Å². The average Bonchev–Trinajstić information content (AvgIpc) is 2.25. The summed E-state index contributed by atoms with van der Waals surface area (Å²) in [5, 5.41) is 3.72. The van der Waals surface area contributed by atoms with Gasteiger partial charge in [-0.3, -0.25) is 4.79 Å². The second kappa shape index (κ2) is 5.98. The second-order valence-corrected chi connectivity index (χ2v) is 4.42. The van der Waals surface area contributed by atoms with Crippen molar-refractivity contribution in [3.63, 3.8) is 0 Å². The molecule has 0 saturated carbocycles. The smallest absolute Gasteiger partial charge is 0.321 e. The summed E-state index contributed by atoms with van der Waals surface area (Å²) >= 11 is 9.02. The minimum absolute atomic E-state index is 0.301. The highest BCUT2D eigenvalue weighted by atomic mass is 79.9. The van der Waals surface area contributed by atoms with Crippen molar-refractivity contribution in [3.05, 3.63) is 29.3 Å². The molecular weight excluding hydrogens is 281 g/mol. The predicted molar refractivity (Wildman–Crippen MR) is 64.7 cm³/mol. The fraction of sp³-hybridized carbons (Fsp3) is 0.300. The van der Waals surface area contributed by atoms with E-state index in [0.29, 0.717) is 11.6 Å². The van der Waals surface area contributed by atoms with Crippen LogP contribution in [0.5, 0.6) is 0 Å². The Balaban J connectivity index is 2.47. The van der Waals surface area contributed by atoms with E-state index >= 15 is 0 Å². The normalized spacial score (nSPS) is 11.9. The van der Waals surface area contributed by atoms with Gasteiger partial charge in [-0.2, -0.15) is 0 Å². The van der Waals surface area contributed by atoms with E-state index in [1.165, 1.54) is 7.11 Å². The van der Waals surface area contributed by atoms with Crippen molar-refractivity contribution >= 4 is 39.2 Å². The van der Waals surface area contributed by atoms with Gasteiger partial charge in [0, 0.05) is 17.3 Å². The summed E-state index contributed by atoms with van der Waals surface area (Å²) in [6.07, 6.45) is 0. The van der Waals surface area contributed by atoms with Gasteiger partial charge in [0.25, 0.3) is 0 Å². The standard InChI is InChI=1S/C10H11BrClNO2/c1-15-10(14)9(11)6-13-8-4-2-3-7(12)5-8/h2-5,9,13H,6H2,1H3. The molecule has 15 heavy (non-hydrogen) atoms. The summed E-state index contributed by atoms with van der Waals surface area (Å²) in [6, 6.07) is 7.30. The first-order valence-corrected chi connectivity index (χ1v) is 5.64. The number of alkyl halides is 1. The molecule has 0 heterocycles. The van der Waals surface area contributed by atoms with Crippen LogP contribution in [0.25, 0.3) is 0 Å². The van der Waals surface area contributed by atoms with E-state index in [9.17, 15) is 4.79 Å². The number of rotatable bonds is 4. The van der Waals surface area contributed by atoms with Gasteiger partial charge in [-0.25, -0.2) is 0 Å². The molecule has 5 heteroatoms. The minimum Gasteiger partial charge on any atom is -0.468 e. The van der Waals surface area contributed by atoms with Crippen molar-refractivity contribution < 1.29 is 9.53 Å². The molecule has 1 N–H and O–H groups in total. The first-order valence-electron chi connectivity index (χ1n) is 4.35. The number of carbonyl (C=O) groups excluding carboxylic acids is 1. The summed E-state index contributed by atoms with van der Waals surface area (Å²) in [7, 11) is 1.36. The van der Waals surface area contributed by atoms with Crippen molar-refractivity contribution in [1.29, 1.82) is 0 Å². The molecule has 1 unspecified atom stereocenters. The maximum Gasteiger partial charge on any atom is 0.321 e. The molecule has 0 aliphatic heterocycles. The van der Waals surface area contributed by atoms with Crippen molar-refractivity contribution in [2.45, 2.75) is 4.83 Å². The molecule has 0 saturated heterocycles. The summed E-state index contributed by atoms with van der Waals surface area (Å²) in [5.41, 5.74) is 0.871. The minimum atomic E-state index is -0.360. The SMILES string of the molecule is COC(=O)C(Br)CNc1cccc(Cl)c1. The third-order valence-electron chi connectivity index (χ3n) is 1.77. The Kier molecular flexibility index (Phi) is 4.91. The Bertz CT molecular complexity index is 346. The number of halogens is 2. The lowest BCUT2D eigenvalue weighted by atomic mass is 10.3. The second-order valence-electron chi connectivity index (χ2n) is 2.88. The van der Waals surface area contributed by atoms with E-state index in [2.05, 4.69) is 26.0 Å². The van der Waals surface area contributed by atoms with Crippen molar-refractivity contribution in [3.8, 4) is 0 Å². The van der Waals surface area contributed by atoms with Gasteiger partial charge in [0.15, 0.2) is 0 Å². The number of hydrogen-bond acceptors (Lipinski definition) is 3. The number of benzene rings is 1. The molecule has 82 valence electrons. The molecule has 0 bridgehead atoms. The molecule has 1 aromatic rings. The van der Waals surface area contributed by atoms with Crippen LogP contribution in [0, 0.1) is 0 Å². The molecule has 0 fully saturated rings. The number of anilines is 1. The van der Waals surface area contributed by atoms with Gasteiger partial charge < -0.3 is 10.1 Å². The lowest BCUT2D eigenvalue weighted by molar-refractivity contribution is -0.139. The first kappa shape index (κ1) is 12.3. The highest BCUT2D eigenvalue weighted by molar-refractivity contribution is 9.10. The van der Waals surface area contributed by atoms with Crippen molar-refractivity contribution in [2.24, 2.45) is 0 Å². The summed E-state index contributed by atoms with van der Waals surface area (Å²) in [4.78, 5) is 10.7. The molecule has 0 aliphatic rings. The topological polar surface area (TPSA) is 38.3 Å². The van der Waals surface area contributed by atoms with Crippen LogP contribution in [-0.4, -0.2) is 24.5 Å². The molecule has 0 aromatic heterocycles. The van der Waals surface area contributed by atoms with E-state index in [-0.39, 0.29) is 10.8 Å². The average molecular weight is 293 g/mol. The maximum absolute atomic E-state index is 11.1. The lowest BCUT2D eigenvalue weighted by Crippen LogP contribution is -2.24. The molecule has 3 nitrogen and oxygen atoms in total. The van der Waals surface area contributed by atoms with Gasteiger partial charge in [-0.05, 0) is 18.2 Å². The molecular formula is C10H11BrClNO2. The Hall–Kier alpha value is -0.740. The number of carbonyl (C=O) groups is 1. The molecule has 0 radical (unpaired) electrons. The highest BCUT2D eigenvalue weighted by Gasteiger charge is 2.14. The van der Waals surface area contributed by atoms with E-state index < -0.39 is 0 Å². The van der Waals surface area contributed by atoms with Crippen LogP contribution in [0.2, 0.25) is 5.02 Å². The van der Waals surface area contributed by atoms with E-state index in [1.54, 1.807) is 12.1 Å². The van der Waals surface area contributed by atoms with Gasteiger partial charge in [0.2, 0.25) is 0 Å². The zero-order valence-electron chi connectivity index (χ0n) is 8.17. The van der Waals surface area contributed by atoms with Crippen LogP contribution in [-0.2, 0) is 9.53 Å². The van der Waals surface area contributed by atoms with Crippen LogP contribution in [0.15, 0.2) is 24.3 Å². The Labute approximate surface area is 102 Å². The van der Waals surface area contributed by atoms with Gasteiger partial charge in [0.05, 0.1) is 7.11 Å². The van der Waals surface area contributed by atoms with Gasteiger partial charge >= 0.3 is 5.97 Å². The quantitative estimate of drug-likeness (QED) is 0.685. The fourth-order valence-electron chi connectivity index (χ4n) is 1.02. The number of ether oxygens (including phenoxy) is 1. The third kappa shape index (κ3) is 4.10. The summed E-state index contributed by atoms with van der Waals surface area (Å²) in [6.45, 7) is 0.451. The van der Waals surface area contributed by atoms with Crippen LogP contribution >= 0.6 is 27.5 Å². The largest absolute Gasteiger partial charge is 0.468 e. The van der Waals surface area contributed by atoms with Gasteiger partial charge in [0.1, 0.15) is 4.83 Å². The Morgan fingerprint density at radius 1 is 1.67 bits per heavy atom. The van der Waals surface area contributed by atoms with E-state index in [0.717, 1.165) is 5.69 Å². The molecule has 1 aromatic carbocycles. The lowest BCUT2D eigenvalue weighted by Gasteiger charge is -2.10. The fourth-order valence-corrected chi connectivity index (χ4v) is 1.56. The van der Waals surface area contributed by atoms with Crippen LogP contribution in [0.1, 0.15) is 0 Å². The van der Waals surface area contributed by atoms with Gasteiger partial charge in [-0.1, -0.05) is 33.6 Å². The van der Waals surface area contributed by atoms with E-state index in [4.69, 9.17) is 11.6 Å². The number of methoxy groups -OCH3 is 1. The van der Waals surface area contributed by atoms with E-state index in [1.807, 2.05) is 12.1 Å². The third-order valence-corrected chi connectivity index (χ3v) is 2.70. The molecule has 0 amide bonds. The monoisotopic (exact) mass is 291 g/mol. The zero-order valence-corrected chi connectivity index (χ0v) is 10.5. The Morgan fingerprint density at radius 3 is 3.00 bits per heavy atom. The molecule has 0 aliphatic carbocycles.